The molecule has 0 aliphatic heterocycles. The molecule has 0 saturated carbocycles. The van der Waals surface area contributed by atoms with Crippen LogP contribution in [0.1, 0.15) is 20.3 Å². The van der Waals surface area contributed by atoms with E-state index in [0.29, 0.717) is 24.5 Å². The first-order valence-corrected chi connectivity index (χ1v) is 10.8. The predicted octanol–water partition coefficient (Wildman–Crippen LogP) is 4.16. The Bertz CT molecular complexity index is 1090. The van der Waals surface area contributed by atoms with Gasteiger partial charge in [0.2, 0.25) is 5.91 Å². The minimum absolute atomic E-state index is 0.100. The summed E-state index contributed by atoms with van der Waals surface area (Å²) in [6.07, 6.45) is 0.856. The Hall–Kier alpha value is -1.68. The molecule has 0 bridgehead atoms. The van der Waals surface area contributed by atoms with Gasteiger partial charge in [0.25, 0.3) is 5.56 Å². The SMILES string of the molecule is CC[C@H](C)NC(=O)CSc1nc2c(sc(=S)n2-c2ccc(Cl)cc2)c(=O)[nH]1. The number of halogens is 1. The molecule has 1 atom stereocenters. The van der Waals surface area contributed by atoms with Crippen LogP contribution in [0.4, 0.5) is 0 Å². The number of benzene rings is 1. The number of aromatic nitrogens is 3. The second-order valence-corrected chi connectivity index (χ2v) is 8.91. The average molecular weight is 441 g/mol. The number of aromatic amines is 1. The molecule has 3 aromatic rings. The number of amides is 1. The molecule has 2 N–H and O–H groups in total. The Balaban J connectivity index is 1.94. The van der Waals surface area contributed by atoms with Gasteiger partial charge in [-0.1, -0.05) is 41.6 Å². The number of H-pyrrole nitrogens is 1. The molecule has 10 heteroatoms. The maximum absolute atomic E-state index is 12.4. The van der Waals surface area contributed by atoms with E-state index in [-0.39, 0.29) is 23.3 Å². The maximum Gasteiger partial charge on any atom is 0.271 e. The highest BCUT2D eigenvalue weighted by Crippen LogP contribution is 2.25. The molecule has 1 aromatic carbocycles. The molecule has 142 valence electrons. The molecule has 0 radical (unpaired) electrons. The number of thiazole rings is 1. The maximum atomic E-state index is 12.4. The van der Waals surface area contributed by atoms with Gasteiger partial charge < -0.3 is 10.3 Å². The van der Waals surface area contributed by atoms with Gasteiger partial charge in [-0.2, -0.15) is 0 Å². The fraction of sp³-hybridized carbons (Fsp3) is 0.294. The minimum atomic E-state index is -0.270. The van der Waals surface area contributed by atoms with E-state index in [0.717, 1.165) is 12.1 Å². The van der Waals surface area contributed by atoms with Crippen LogP contribution in [0.15, 0.2) is 34.2 Å². The Morgan fingerprint density at radius 1 is 1.44 bits per heavy atom. The molecule has 0 unspecified atom stereocenters. The van der Waals surface area contributed by atoms with Crippen LogP contribution in [0, 0.1) is 3.95 Å². The van der Waals surface area contributed by atoms with Gasteiger partial charge in [0.05, 0.1) is 5.75 Å². The average Bonchev–Trinajstić information content (AvgIpc) is 2.97. The minimum Gasteiger partial charge on any atom is -0.353 e. The van der Waals surface area contributed by atoms with E-state index in [1.165, 1.54) is 23.1 Å². The molecule has 2 aromatic heterocycles. The molecule has 0 aliphatic rings. The Kier molecular flexibility index (Phi) is 6.36. The highest BCUT2D eigenvalue weighted by Gasteiger charge is 2.15. The Morgan fingerprint density at radius 2 is 2.15 bits per heavy atom. The zero-order valence-electron chi connectivity index (χ0n) is 14.6. The fourth-order valence-corrected chi connectivity index (χ4v) is 4.40. The highest BCUT2D eigenvalue weighted by molar-refractivity contribution is 7.99. The van der Waals surface area contributed by atoms with Crippen LogP contribution >= 0.6 is 46.9 Å². The highest BCUT2D eigenvalue weighted by atomic mass is 35.5. The number of fused-ring (bicyclic) bond motifs is 1. The van der Waals surface area contributed by atoms with Crippen molar-refractivity contribution >= 4 is 63.2 Å². The first-order chi connectivity index (χ1) is 12.9. The number of nitrogens with zero attached hydrogens (tertiary/aromatic N) is 2. The summed E-state index contributed by atoms with van der Waals surface area (Å²) in [6, 6.07) is 7.26. The normalized spacial score (nSPS) is 12.3. The molecule has 0 fully saturated rings. The van der Waals surface area contributed by atoms with E-state index in [2.05, 4.69) is 15.3 Å². The Labute approximate surface area is 174 Å². The van der Waals surface area contributed by atoms with Crippen molar-refractivity contribution in [3.05, 3.63) is 43.6 Å². The van der Waals surface area contributed by atoms with Crippen LogP contribution in [0.3, 0.4) is 0 Å². The van der Waals surface area contributed by atoms with E-state index in [1.54, 1.807) is 16.7 Å². The summed E-state index contributed by atoms with van der Waals surface area (Å²) in [6.45, 7) is 3.95. The van der Waals surface area contributed by atoms with E-state index in [4.69, 9.17) is 23.8 Å². The summed E-state index contributed by atoms with van der Waals surface area (Å²) >= 11 is 13.8. The first-order valence-electron chi connectivity index (χ1n) is 8.23. The lowest BCUT2D eigenvalue weighted by molar-refractivity contribution is -0.119. The summed E-state index contributed by atoms with van der Waals surface area (Å²) in [5, 5.41) is 3.87. The van der Waals surface area contributed by atoms with Crippen LogP contribution in [0.25, 0.3) is 16.0 Å². The zero-order chi connectivity index (χ0) is 19.6. The summed E-state index contributed by atoms with van der Waals surface area (Å²) < 4.78 is 2.70. The van der Waals surface area contributed by atoms with E-state index in [9.17, 15) is 9.59 Å². The lowest BCUT2D eigenvalue weighted by Crippen LogP contribution is -2.33. The van der Waals surface area contributed by atoms with Gasteiger partial charge in [-0.25, -0.2) is 4.98 Å². The second kappa shape index (κ2) is 8.55. The molecule has 0 saturated heterocycles. The largest absolute Gasteiger partial charge is 0.353 e. The Morgan fingerprint density at radius 3 is 2.81 bits per heavy atom. The summed E-state index contributed by atoms with van der Waals surface area (Å²) in [7, 11) is 0. The smallest absolute Gasteiger partial charge is 0.271 e. The summed E-state index contributed by atoms with van der Waals surface area (Å²) in [5.74, 6) is 0.0712. The number of carbonyl (C=O) groups excluding carboxylic acids is 1. The molecule has 0 spiro atoms. The van der Waals surface area contributed by atoms with Gasteiger partial charge >= 0.3 is 0 Å². The molecule has 3 rings (SSSR count). The quantitative estimate of drug-likeness (QED) is 0.341. The molecular weight excluding hydrogens is 424 g/mol. The van der Waals surface area contributed by atoms with E-state index >= 15 is 0 Å². The lowest BCUT2D eigenvalue weighted by atomic mass is 10.3. The first kappa shape index (κ1) is 20.1. The van der Waals surface area contributed by atoms with Crippen molar-refractivity contribution in [1.29, 1.82) is 0 Å². The lowest BCUT2D eigenvalue weighted by Gasteiger charge is -2.10. The third-order valence-corrected chi connectivity index (χ3v) is 6.35. The molecule has 6 nitrogen and oxygen atoms in total. The fourth-order valence-electron chi connectivity index (χ4n) is 2.33. The van der Waals surface area contributed by atoms with Crippen molar-refractivity contribution in [3.8, 4) is 5.69 Å². The van der Waals surface area contributed by atoms with Crippen molar-refractivity contribution < 1.29 is 4.79 Å². The van der Waals surface area contributed by atoms with Crippen molar-refractivity contribution in [3.63, 3.8) is 0 Å². The molecular formula is C17H17ClN4O2S3. The summed E-state index contributed by atoms with van der Waals surface area (Å²) in [5.41, 5.74) is 0.980. The monoisotopic (exact) mass is 440 g/mol. The van der Waals surface area contributed by atoms with Crippen molar-refractivity contribution in [2.75, 3.05) is 5.75 Å². The predicted molar refractivity (Wildman–Crippen MR) is 114 cm³/mol. The van der Waals surface area contributed by atoms with Crippen molar-refractivity contribution in [2.24, 2.45) is 0 Å². The molecule has 1 amide bonds. The van der Waals surface area contributed by atoms with Gasteiger partial charge in [0.15, 0.2) is 14.8 Å². The topological polar surface area (TPSA) is 79.8 Å². The van der Waals surface area contributed by atoms with Gasteiger partial charge in [0, 0.05) is 16.8 Å². The van der Waals surface area contributed by atoms with Gasteiger partial charge in [-0.15, -0.1) is 0 Å². The number of hydrogen-bond donors (Lipinski definition) is 2. The van der Waals surface area contributed by atoms with Crippen LogP contribution in [0.2, 0.25) is 5.02 Å². The molecule has 0 aliphatic carbocycles. The second-order valence-electron chi connectivity index (χ2n) is 5.87. The molecule has 27 heavy (non-hydrogen) atoms. The van der Waals surface area contributed by atoms with E-state index in [1.807, 2.05) is 26.0 Å². The van der Waals surface area contributed by atoms with Crippen molar-refractivity contribution in [2.45, 2.75) is 31.5 Å². The van der Waals surface area contributed by atoms with Crippen molar-refractivity contribution in [1.82, 2.24) is 19.9 Å². The number of hydrogen-bond acceptors (Lipinski definition) is 6. The third-order valence-electron chi connectivity index (χ3n) is 3.87. The van der Waals surface area contributed by atoms with Crippen LogP contribution in [0.5, 0.6) is 0 Å². The number of nitrogens with one attached hydrogen (secondary N) is 2. The van der Waals surface area contributed by atoms with Crippen LogP contribution in [-0.4, -0.2) is 32.2 Å². The van der Waals surface area contributed by atoms with Crippen LogP contribution < -0.4 is 10.9 Å². The summed E-state index contributed by atoms with van der Waals surface area (Å²) in [4.78, 5) is 31.7. The van der Waals surface area contributed by atoms with E-state index < -0.39 is 0 Å². The standard InChI is InChI=1S/C17H17ClN4O2S3/c1-3-9(2)19-12(23)8-26-16-20-14-13(15(24)21-16)27-17(25)22(14)11-6-4-10(18)5-7-11/h4-7,9H,3,8H2,1-2H3,(H,19,23)(H,20,21,24)/t9-/m0/s1. The zero-order valence-corrected chi connectivity index (χ0v) is 17.8. The number of rotatable bonds is 6. The number of carbonyl (C=O) groups is 1. The van der Waals surface area contributed by atoms with Gasteiger partial charge in [-0.3, -0.25) is 14.2 Å². The van der Waals surface area contributed by atoms with Crippen LogP contribution in [-0.2, 0) is 4.79 Å². The number of thioether (sulfide) groups is 1. The third kappa shape index (κ3) is 4.60. The van der Waals surface area contributed by atoms with Gasteiger partial charge in [0.1, 0.15) is 4.70 Å². The molecule has 2 heterocycles. The van der Waals surface area contributed by atoms with Gasteiger partial charge in [-0.05, 0) is 49.8 Å².